The summed E-state index contributed by atoms with van der Waals surface area (Å²) in [5.41, 5.74) is -1.41. The third-order valence-corrected chi connectivity index (χ3v) is 1.48. The van der Waals surface area contributed by atoms with Crippen molar-refractivity contribution in [3.05, 3.63) is 0 Å². The van der Waals surface area contributed by atoms with Gasteiger partial charge < -0.3 is 5.32 Å². The van der Waals surface area contributed by atoms with E-state index in [1.165, 1.54) is 13.8 Å². The molecule has 2 nitrogen and oxygen atoms in total. The summed E-state index contributed by atoms with van der Waals surface area (Å²) in [6.07, 6.45) is -1.56. The van der Waals surface area contributed by atoms with E-state index < -0.39 is 12.0 Å². The smallest absolute Gasteiger partial charge is 0.260 e. The molecular formula is C8H15F2NO. The molecule has 0 aliphatic carbocycles. The van der Waals surface area contributed by atoms with Crippen LogP contribution in [0.1, 0.15) is 33.6 Å². The number of alkyl halides is 2. The summed E-state index contributed by atoms with van der Waals surface area (Å²) in [5.74, 6) is -0.317. The number of hydrogen-bond donors (Lipinski definition) is 1. The van der Waals surface area contributed by atoms with Crippen molar-refractivity contribution in [2.45, 2.75) is 45.6 Å². The highest BCUT2D eigenvalue weighted by Crippen LogP contribution is 2.13. The zero-order valence-corrected chi connectivity index (χ0v) is 7.66. The maximum absolute atomic E-state index is 12.2. The Bertz CT molecular complexity index is 157. The van der Waals surface area contributed by atoms with Gasteiger partial charge in [-0.2, -0.15) is 0 Å². The van der Waals surface area contributed by atoms with E-state index in [0.29, 0.717) is 12.8 Å². The predicted molar refractivity (Wildman–Crippen MR) is 43.1 cm³/mol. The molecule has 1 amide bonds. The van der Waals surface area contributed by atoms with Crippen LogP contribution in [0.3, 0.4) is 0 Å². The molecule has 0 aliphatic rings. The highest BCUT2D eigenvalue weighted by Gasteiger charge is 2.30. The van der Waals surface area contributed by atoms with Crippen LogP contribution in [0.2, 0.25) is 0 Å². The number of rotatable bonds is 4. The van der Waals surface area contributed by atoms with E-state index in [1.807, 2.05) is 6.92 Å². The minimum atomic E-state index is -2.53. The van der Waals surface area contributed by atoms with Gasteiger partial charge in [-0.05, 0) is 20.3 Å². The van der Waals surface area contributed by atoms with Crippen LogP contribution in [0.5, 0.6) is 0 Å². The van der Waals surface area contributed by atoms with Crippen molar-refractivity contribution in [3.63, 3.8) is 0 Å². The van der Waals surface area contributed by atoms with E-state index in [9.17, 15) is 13.6 Å². The summed E-state index contributed by atoms with van der Waals surface area (Å²) < 4.78 is 24.4. The molecule has 0 radical (unpaired) electrons. The summed E-state index contributed by atoms with van der Waals surface area (Å²) in [5, 5.41) is 2.27. The maximum Gasteiger partial charge on any atom is 0.260 e. The monoisotopic (exact) mass is 179 g/mol. The molecule has 0 saturated heterocycles. The van der Waals surface area contributed by atoms with Crippen LogP contribution in [0.4, 0.5) is 8.78 Å². The topological polar surface area (TPSA) is 29.1 Å². The first-order valence-electron chi connectivity index (χ1n) is 3.99. The molecule has 0 spiro atoms. The summed E-state index contributed by atoms with van der Waals surface area (Å²) in [7, 11) is 0. The Labute approximate surface area is 71.3 Å². The second kappa shape index (κ2) is 4.38. The van der Waals surface area contributed by atoms with Crippen LogP contribution in [-0.4, -0.2) is 17.9 Å². The molecule has 0 aromatic carbocycles. The van der Waals surface area contributed by atoms with Gasteiger partial charge in [0.05, 0.1) is 5.54 Å². The van der Waals surface area contributed by atoms with Crippen molar-refractivity contribution in [2.75, 3.05) is 0 Å². The fourth-order valence-corrected chi connectivity index (χ4v) is 0.703. The third-order valence-electron chi connectivity index (χ3n) is 1.48. The molecule has 0 atom stereocenters. The maximum atomic E-state index is 12.2. The van der Waals surface area contributed by atoms with Gasteiger partial charge >= 0.3 is 0 Å². The summed E-state index contributed by atoms with van der Waals surface area (Å²) in [4.78, 5) is 10.9. The molecule has 72 valence electrons. The lowest BCUT2D eigenvalue weighted by Gasteiger charge is -2.24. The molecule has 12 heavy (non-hydrogen) atoms. The van der Waals surface area contributed by atoms with Gasteiger partial charge in [-0.15, -0.1) is 0 Å². The highest BCUT2D eigenvalue weighted by atomic mass is 19.3. The van der Waals surface area contributed by atoms with Crippen LogP contribution >= 0.6 is 0 Å². The number of carbonyl (C=O) groups is 1. The number of amides is 1. The van der Waals surface area contributed by atoms with E-state index in [2.05, 4.69) is 5.32 Å². The van der Waals surface area contributed by atoms with Crippen LogP contribution in [0, 0.1) is 0 Å². The lowest BCUT2D eigenvalue weighted by molar-refractivity contribution is -0.124. The second-order valence-corrected chi connectivity index (χ2v) is 3.32. The van der Waals surface area contributed by atoms with E-state index in [1.54, 1.807) is 0 Å². The Kier molecular flexibility index (Phi) is 4.13. The normalized spacial score (nSPS) is 11.8. The summed E-state index contributed by atoms with van der Waals surface area (Å²) in [6.45, 7) is 4.45. The molecule has 0 saturated carbocycles. The average Bonchev–Trinajstić information content (AvgIpc) is 1.85. The third kappa shape index (κ3) is 3.64. The van der Waals surface area contributed by atoms with Gasteiger partial charge in [0.15, 0.2) is 0 Å². The Morgan fingerprint density at radius 2 is 2.00 bits per heavy atom. The summed E-state index contributed by atoms with van der Waals surface area (Å²) in [6, 6.07) is 0. The Morgan fingerprint density at radius 3 is 2.33 bits per heavy atom. The van der Waals surface area contributed by atoms with Crippen molar-refractivity contribution < 1.29 is 13.6 Å². The van der Waals surface area contributed by atoms with Gasteiger partial charge in [-0.25, -0.2) is 8.78 Å². The van der Waals surface area contributed by atoms with Crippen LogP contribution in [0.25, 0.3) is 0 Å². The van der Waals surface area contributed by atoms with Gasteiger partial charge in [-0.1, -0.05) is 6.92 Å². The Hall–Kier alpha value is -0.670. The van der Waals surface area contributed by atoms with Crippen LogP contribution in [0.15, 0.2) is 0 Å². The molecule has 0 bridgehead atoms. The van der Waals surface area contributed by atoms with E-state index in [4.69, 9.17) is 0 Å². The second-order valence-electron chi connectivity index (χ2n) is 3.32. The molecule has 0 rings (SSSR count). The van der Waals surface area contributed by atoms with Crippen molar-refractivity contribution in [1.82, 2.24) is 5.32 Å². The van der Waals surface area contributed by atoms with E-state index in [0.717, 1.165) is 0 Å². The van der Waals surface area contributed by atoms with Crippen molar-refractivity contribution in [1.29, 1.82) is 0 Å². The lowest BCUT2D eigenvalue weighted by Crippen LogP contribution is -2.48. The fraction of sp³-hybridized carbons (Fsp3) is 0.875. The Morgan fingerprint density at radius 1 is 1.50 bits per heavy atom. The zero-order valence-electron chi connectivity index (χ0n) is 7.66. The van der Waals surface area contributed by atoms with Gasteiger partial charge in [0.25, 0.3) is 6.43 Å². The number of hydrogen-bond acceptors (Lipinski definition) is 1. The van der Waals surface area contributed by atoms with Crippen molar-refractivity contribution in [3.8, 4) is 0 Å². The first-order valence-corrected chi connectivity index (χ1v) is 3.99. The lowest BCUT2D eigenvalue weighted by atomic mass is 10.1. The summed E-state index contributed by atoms with van der Waals surface area (Å²) >= 11 is 0. The predicted octanol–water partition coefficient (Wildman–Crippen LogP) is 1.95. The van der Waals surface area contributed by atoms with Crippen molar-refractivity contribution >= 4 is 5.91 Å². The van der Waals surface area contributed by atoms with Gasteiger partial charge in [0.1, 0.15) is 0 Å². The van der Waals surface area contributed by atoms with Crippen LogP contribution < -0.4 is 5.32 Å². The van der Waals surface area contributed by atoms with E-state index >= 15 is 0 Å². The molecule has 4 heteroatoms. The minimum absolute atomic E-state index is 0.302. The zero-order chi connectivity index (χ0) is 9.78. The molecule has 0 aromatic heterocycles. The number of nitrogens with one attached hydrogen (secondary N) is 1. The average molecular weight is 179 g/mol. The first-order chi connectivity index (χ1) is 5.40. The molecule has 0 unspecified atom stereocenters. The standard InChI is InChI=1S/C8H15F2NO/c1-4-5-6(12)11-8(2,3)7(9)10/h7H,4-5H2,1-3H3,(H,11,12). The molecule has 0 fully saturated rings. The number of halogens is 2. The minimum Gasteiger partial charge on any atom is -0.345 e. The Balaban J connectivity index is 3.97. The molecular weight excluding hydrogens is 164 g/mol. The quantitative estimate of drug-likeness (QED) is 0.702. The SMILES string of the molecule is CCCC(=O)NC(C)(C)C(F)F. The van der Waals surface area contributed by atoms with Gasteiger partial charge in [-0.3, -0.25) is 4.79 Å². The molecule has 0 heterocycles. The number of carbonyl (C=O) groups excluding carboxylic acids is 1. The fourth-order valence-electron chi connectivity index (χ4n) is 0.703. The van der Waals surface area contributed by atoms with Crippen molar-refractivity contribution in [2.24, 2.45) is 0 Å². The highest BCUT2D eigenvalue weighted by molar-refractivity contribution is 5.76. The largest absolute Gasteiger partial charge is 0.345 e. The van der Waals surface area contributed by atoms with Gasteiger partial charge in [0, 0.05) is 6.42 Å². The molecule has 0 aromatic rings. The first kappa shape index (κ1) is 11.3. The molecule has 0 aliphatic heterocycles. The van der Waals surface area contributed by atoms with Gasteiger partial charge in [0.2, 0.25) is 5.91 Å². The van der Waals surface area contributed by atoms with Crippen LogP contribution in [-0.2, 0) is 4.79 Å². The molecule has 1 N–H and O–H groups in total. The van der Waals surface area contributed by atoms with E-state index in [-0.39, 0.29) is 5.91 Å².